The Morgan fingerprint density at radius 1 is 1.32 bits per heavy atom. The van der Waals surface area contributed by atoms with Gasteiger partial charge in [0.25, 0.3) is 5.91 Å². The second-order valence-corrected chi connectivity index (χ2v) is 6.36. The molecule has 1 aromatic carbocycles. The molecule has 136 valence electrons. The largest absolute Gasteiger partial charge is 0.373 e. The van der Waals surface area contributed by atoms with Gasteiger partial charge in [-0.05, 0) is 38.3 Å². The average Bonchev–Trinajstić information content (AvgIpc) is 3.22. The third kappa shape index (κ3) is 4.48. The molecule has 2 fully saturated rings. The summed E-state index contributed by atoms with van der Waals surface area (Å²) in [5.41, 5.74) is 0.0515. The Labute approximate surface area is 147 Å². The fraction of sp³-hybridized carbons (Fsp3) is 0.556. The van der Waals surface area contributed by atoms with E-state index in [1.54, 1.807) is 12.1 Å². The Bertz CT molecular complexity index is 637. The van der Waals surface area contributed by atoms with Gasteiger partial charge in [-0.3, -0.25) is 9.79 Å². The molecule has 0 radical (unpaired) electrons. The van der Waals surface area contributed by atoms with Crippen LogP contribution in [0.5, 0.6) is 0 Å². The lowest BCUT2D eigenvalue weighted by Gasteiger charge is -2.22. The van der Waals surface area contributed by atoms with E-state index >= 15 is 0 Å². The molecule has 3 rings (SSSR count). The minimum absolute atomic E-state index is 0.0515. The van der Waals surface area contributed by atoms with E-state index < -0.39 is 11.7 Å². The van der Waals surface area contributed by atoms with E-state index in [1.807, 2.05) is 6.92 Å². The molecule has 6 nitrogen and oxygen atoms in total. The van der Waals surface area contributed by atoms with E-state index in [2.05, 4.69) is 20.9 Å². The molecule has 3 unspecified atom stereocenters. The molecule has 3 atom stereocenters. The highest BCUT2D eigenvalue weighted by molar-refractivity contribution is 5.94. The van der Waals surface area contributed by atoms with Crippen molar-refractivity contribution in [2.45, 2.75) is 44.4 Å². The molecular weight excluding hydrogens is 323 g/mol. The van der Waals surface area contributed by atoms with Gasteiger partial charge in [-0.2, -0.15) is 0 Å². The zero-order valence-electron chi connectivity index (χ0n) is 14.4. The Hall–Kier alpha value is -2.15. The van der Waals surface area contributed by atoms with Crippen molar-refractivity contribution in [2.75, 3.05) is 19.6 Å². The summed E-state index contributed by atoms with van der Waals surface area (Å²) < 4.78 is 19.4. The summed E-state index contributed by atoms with van der Waals surface area (Å²) in [5.74, 6) is -0.216. The maximum atomic E-state index is 13.6. The fourth-order valence-electron chi connectivity index (χ4n) is 3.36. The molecule has 7 heteroatoms. The van der Waals surface area contributed by atoms with Gasteiger partial charge in [-0.25, -0.2) is 4.39 Å². The molecule has 2 heterocycles. The molecule has 2 aliphatic heterocycles. The maximum Gasteiger partial charge on any atom is 0.254 e. The van der Waals surface area contributed by atoms with E-state index in [4.69, 9.17) is 4.74 Å². The van der Waals surface area contributed by atoms with Gasteiger partial charge in [-0.15, -0.1) is 0 Å². The number of carbonyl (C=O) groups excluding carboxylic acids is 1. The minimum atomic E-state index is -0.519. The average molecular weight is 348 g/mol. The van der Waals surface area contributed by atoms with Crippen LogP contribution in [0.25, 0.3) is 0 Å². The normalized spacial score (nSPS) is 25.0. The second kappa shape index (κ2) is 8.29. The zero-order valence-corrected chi connectivity index (χ0v) is 14.4. The summed E-state index contributed by atoms with van der Waals surface area (Å²) in [6.07, 6.45) is 3.91. The van der Waals surface area contributed by atoms with E-state index in [1.165, 1.54) is 12.1 Å². The molecule has 2 saturated heterocycles. The number of fused-ring (bicyclic) bond motifs is 2. The Morgan fingerprint density at radius 2 is 2.16 bits per heavy atom. The number of nitrogens with zero attached hydrogens (tertiary/aromatic N) is 1. The van der Waals surface area contributed by atoms with Crippen molar-refractivity contribution >= 4 is 11.9 Å². The Morgan fingerprint density at radius 3 is 2.84 bits per heavy atom. The quantitative estimate of drug-likeness (QED) is 0.413. The molecule has 0 spiro atoms. The minimum Gasteiger partial charge on any atom is -0.373 e. The lowest BCUT2D eigenvalue weighted by molar-refractivity contribution is 0.0950. The molecule has 0 aliphatic carbocycles. The molecule has 2 bridgehead atoms. The lowest BCUT2D eigenvalue weighted by atomic mass is 9.96. The summed E-state index contributed by atoms with van der Waals surface area (Å²) >= 11 is 0. The van der Waals surface area contributed by atoms with Crippen LogP contribution in [-0.2, 0) is 4.74 Å². The van der Waals surface area contributed by atoms with E-state index in [0.29, 0.717) is 25.2 Å². The molecule has 3 N–H and O–H groups in total. The van der Waals surface area contributed by atoms with Crippen LogP contribution in [0, 0.1) is 5.82 Å². The molecule has 1 amide bonds. The molecular formula is C18H25FN4O2. The van der Waals surface area contributed by atoms with Gasteiger partial charge in [0.05, 0.1) is 30.4 Å². The first-order chi connectivity index (χ1) is 12.2. The van der Waals surface area contributed by atoms with Crippen LogP contribution in [0.1, 0.15) is 36.5 Å². The van der Waals surface area contributed by atoms with Gasteiger partial charge in [0.15, 0.2) is 5.96 Å². The third-order valence-corrected chi connectivity index (χ3v) is 4.56. The number of benzene rings is 1. The topological polar surface area (TPSA) is 74.8 Å². The number of guanidine groups is 1. The Kier molecular flexibility index (Phi) is 5.86. The summed E-state index contributed by atoms with van der Waals surface area (Å²) in [5, 5.41) is 9.32. The molecule has 25 heavy (non-hydrogen) atoms. The van der Waals surface area contributed by atoms with Gasteiger partial charge >= 0.3 is 0 Å². The first-order valence-corrected chi connectivity index (χ1v) is 8.90. The SMILES string of the molecule is CCNC(=NCCNC(=O)c1ccccc1F)NC1CC2CCC1O2. The van der Waals surface area contributed by atoms with Crippen LogP contribution in [0.2, 0.25) is 0 Å². The van der Waals surface area contributed by atoms with Crippen molar-refractivity contribution in [3.05, 3.63) is 35.6 Å². The van der Waals surface area contributed by atoms with Gasteiger partial charge in [0.1, 0.15) is 5.82 Å². The first kappa shape index (κ1) is 17.7. The standard InChI is InChI=1S/C18H25FN4O2/c1-2-20-18(23-15-11-12-7-8-16(15)25-12)22-10-9-21-17(24)13-5-3-4-6-14(13)19/h3-6,12,15-16H,2,7-11H2,1H3,(H,21,24)(H2,20,22,23). The molecule has 0 aromatic heterocycles. The van der Waals surface area contributed by atoms with Crippen LogP contribution in [0.3, 0.4) is 0 Å². The van der Waals surface area contributed by atoms with E-state index in [9.17, 15) is 9.18 Å². The van der Waals surface area contributed by atoms with E-state index in [0.717, 1.165) is 31.8 Å². The zero-order chi connectivity index (χ0) is 17.6. The number of hydrogen-bond acceptors (Lipinski definition) is 3. The Balaban J connectivity index is 1.47. The fourth-order valence-corrected chi connectivity index (χ4v) is 3.36. The second-order valence-electron chi connectivity index (χ2n) is 6.36. The number of hydrogen-bond donors (Lipinski definition) is 3. The van der Waals surface area contributed by atoms with Crippen LogP contribution in [0.15, 0.2) is 29.3 Å². The van der Waals surface area contributed by atoms with Gasteiger partial charge in [0, 0.05) is 13.1 Å². The van der Waals surface area contributed by atoms with Gasteiger partial charge < -0.3 is 20.7 Å². The highest BCUT2D eigenvalue weighted by atomic mass is 19.1. The lowest BCUT2D eigenvalue weighted by Crippen LogP contribution is -2.47. The summed E-state index contributed by atoms with van der Waals surface area (Å²) in [7, 11) is 0. The monoisotopic (exact) mass is 348 g/mol. The number of aliphatic imine (C=N–C) groups is 1. The highest BCUT2D eigenvalue weighted by Gasteiger charge is 2.41. The van der Waals surface area contributed by atoms with Crippen molar-refractivity contribution in [3.8, 4) is 0 Å². The number of rotatable bonds is 6. The summed E-state index contributed by atoms with van der Waals surface area (Å²) in [6.45, 7) is 3.53. The van der Waals surface area contributed by atoms with E-state index in [-0.39, 0.29) is 11.7 Å². The molecule has 1 aromatic rings. The van der Waals surface area contributed by atoms with Crippen LogP contribution >= 0.6 is 0 Å². The summed E-state index contributed by atoms with van der Waals surface area (Å²) in [4.78, 5) is 16.4. The third-order valence-electron chi connectivity index (χ3n) is 4.56. The van der Waals surface area contributed by atoms with Crippen LogP contribution in [-0.4, -0.2) is 49.8 Å². The number of carbonyl (C=O) groups is 1. The summed E-state index contributed by atoms with van der Waals surface area (Å²) in [6, 6.07) is 6.24. The maximum absolute atomic E-state index is 13.6. The van der Waals surface area contributed by atoms with Crippen molar-refractivity contribution in [3.63, 3.8) is 0 Å². The number of nitrogens with one attached hydrogen (secondary N) is 3. The smallest absolute Gasteiger partial charge is 0.254 e. The van der Waals surface area contributed by atoms with Gasteiger partial charge in [0.2, 0.25) is 0 Å². The van der Waals surface area contributed by atoms with Gasteiger partial charge in [-0.1, -0.05) is 12.1 Å². The van der Waals surface area contributed by atoms with Crippen molar-refractivity contribution < 1.29 is 13.9 Å². The predicted octanol–water partition coefficient (Wildman–Crippen LogP) is 1.43. The molecule has 2 aliphatic rings. The highest BCUT2D eigenvalue weighted by Crippen LogP contribution is 2.34. The van der Waals surface area contributed by atoms with Crippen molar-refractivity contribution in [2.24, 2.45) is 4.99 Å². The number of amides is 1. The van der Waals surface area contributed by atoms with Crippen LogP contribution < -0.4 is 16.0 Å². The number of halogens is 1. The van der Waals surface area contributed by atoms with Crippen molar-refractivity contribution in [1.29, 1.82) is 0 Å². The predicted molar refractivity (Wildman–Crippen MR) is 94.1 cm³/mol. The van der Waals surface area contributed by atoms with Crippen molar-refractivity contribution in [1.82, 2.24) is 16.0 Å². The van der Waals surface area contributed by atoms with Crippen LogP contribution in [0.4, 0.5) is 4.39 Å². The first-order valence-electron chi connectivity index (χ1n) is 8.90. The molecule has 0 saturated carbocycles. The number of ether oxygens (including phenoxy) is 1.